The van der Waals surface area contributed by atoms with Crippen molar-refractivity contribution < 1.29 is 23.4 Å². The van der Waals surface area contributed by atoms with Gasteiger partial charge >= 0.3 is 0 Å². The fraction of sp³-hybridized carbons (Fsp3) is 0.241. The molecule has 0 unspecified atom stereocenters. The van der Waals surface area contributed by atoms with Crippen LogP contribution in [0.15, 0.2) is 69.9 Å². The second-order valence-corrected chi connectivity index (χ2v) is 10.1. The molecule has 0 bridgehead atoms. The number of carbonyl (C=O) groups excluding carboxylic acids is 1. The Morgan fingerprint density at radius 2 is 1.67 bits per heavy atom. The zero-order chi connectivity index (χ0) is 25.4. The van der Waals surface area contributed by atoms with Gasteiger partial charge in [0.15, 0.2) is 29.6 Å². The third-order valence-electron chi connectivity index (χ3n) is 6.04. The maximum Gasteiger partial charge on any atom is 0.235 e. The van der Waals surface area contributed by atoms with E-state index in [-0.39, 0.29) is 34.7 Å². The molecule has 0 atom stereocenters. The summed E-state index contributed by atoms with van der Waals surface area (Å²) in [6.45, 7) is 6.90. The van der Waals surface area contributed by atoms with E-state index in [0.717, 1.165) is 5.56 Å². The fourth-order valence-electron chi connectivity index (χ4n) is 4.03. The van der Waals surface area contributed by atoms with Crippen LogP contribution in [0.25, 0.3) is 22.3 Å². The Hall–Kier alpha value is -3.77. The third-order valence-corrected chi connectivity index (χ3v) is 6.27. The molecule has 4 aromatic rings. The summed E-state index contributed by atoms with van der Waals surface area (Å²) >= 11 is 6.13. The van der Waals surface area contributed by atoms with E-state index in [4.69, 9.17) is 30.2 Å². The van der Waals surface area contributed by atoms with Gasteiger partial charge < -0.3 is 18.6 Å². The maximum atomic E-state index is 13.5. The Bertz CT molecular complexity index is 1510. The first-order chi connectivity index (χ1) is 17.2. The van der Waals surface area contributed by atoms with Crippen LogP contribution in [0.3, 0.4) is 0 Å². The van der Waals surface area contributed by atoms with Gasteiger partial charge in [-0.3, -0.25) is 9.59 Å². The Morgan fingerprint density at radius 3 is 2.39 bits per heavy atom. The van der Waals surface area contributed by atoms with Gasteiger partial charge in [-0.1, -0.05) is 56.6 Å². The smallest absolute Gasteiger partial charge is 0.235 e. The molecule has 2 heterocycles. The van der Waals surface area contributed by atoms with Crippen LogP contribution in [-0.4, -0.2) is 25.6 Å². The van der Waals surface area contributed by atoms with E-state index in [0.29, 0.717) is 46.4 Å². The minimum atomic E-state index is -0.399. The molecule has 1 aliphatic heterocycles. The number of halogens is 1. The monoisotopic (exact) mass is 504 g/mol. The minimum Gasteiger partial charge on any atom is -0.486 e. The van der Waals surface area contributed by atoms with Crippen molar-refractivity contribution in [1.29, 1.82) is 0 Å². The van der Waals surface area contributed by atoms with Crippen LogP contribution in [-0.2, 0) is 5.41 Å². The summed E-state index contributed by atoms with van der Waals surface area (Å²) in [5, 5.41) is 0.676. The number of hydrogen-bond acceptors (Lipinski definition) is 6. The number of ether oxygens (including phenoxy) is 3. The SMILES string of the molecule is CC(C)(C)c1ccc(-c2oc3ccc(Cl)cc3c(=O)c2OCC(=O)c2ccc3c(c2)OCCO3)cc1. The van der Waals surface area contributed by atoms with E-state index >= 15 is 0 Å². The van der Waals surface area contributed by atoms with Crippen molar-refractivity contribution in [3.63, 3.8) is 0 Å². The molecule has 0 radical (unpaired) electrons. The first kappa shape index (κ1) is 23.9. The average molecular weight is 505 g/mol. The van der Waals surface area contributed by atoms with E-state index in [1.54, 1.807) is 30.3 Å². The lowest BCUT2D eigenvalue weighted by Gasteiger charge is -2.19. The second kappa shape index (κ2) is 9.36. The summed E-state index contributed by atoms with van der Waals surface area (Å²) < 4.78 is 23.1. The average Bonchev–Trinajstić information content (AvgIpc) is 2.87. The van der Waals surface area contributed by atoms with E-state index < -0.39 is 5.43 Å². The molecule has 0 saturated carbocycles. The van der Waals surface area contributed by atoms with Gasteiger partial charge in [-0.05, 0) is 47.4 Å². The highest BCUT2D eigenvalue weighted by atomic mass is 35.5. The highest BCUT2D eigenvalue weighted by Crippen LogP contribution is 2.34. The van der Waals surface area contributed by atoms with Gasteiger partial charge in [0.25, 0.3) is 0 Å². The molecular formula is C29H25ClO6. The molecule has 0 aliphatic carbocycles. The van der Waals surface area contributed by atoms with Gasteiger partial charge in [-0.2, -0.15) is 0 Å². The van der Waals surface area contributed by atoms with Crippen LogP contribution in [0.4, 0.5) is 0 Å². The summed E-state index contributed by atoms with van der Waals surface area (Å²) in [6, 6.07) is 17.6. The Labute approximate surface area is 213 Å². The predicted octanol–water partition coefficient (Wildman–Crippen LogP) is 6.44. The fourth-order valence-corrected chi connectivity index (χ4v) is 4.20. The number of benzene rings is 3. The van der Waals surface area contributed by atoms with Gasteiger partial charge in [0, 0.05) is 16.1 Å². The van der Waals surface area contributed by atoms with Crippen molar-refractivity contribution in [2.45, 2.75) is 26.2 Å². The van der Waals surface area contributed by atoms with Crippen LogP contribution in [0, 0.1) is 0 Å². The molecule has 0 amide bonds. The molecule has 36 heavy (non-hydrogen) atoms. The molecule has 1 aromatic heterocycles. The van der Waals surface area contributed by atoms with Crippen molar-refractivity contribution >= 4 is 28.4 Å². The van der Waals surface area contributed by atoms with Gasteiger partial charge in [-0.25, -0.2) is 0 Å². The number of ketones is 1. The Kier molecular flexibility index (Phi) is 6.22. The van der Waals surface area contributed by atoms with Crippen LogP contribution >= 0.6 is 11.6 Å². The summed E-state index contributed by atoms with van der Waals surface area (Å²) in [7, 11) is 0. The first-order valence-corrected chi connectivity index (χ1v) is 12.0. The molecular weight excluding hydrogens is 480 g/mol. The summed E-state index contributed by atoms with van der Waals surface area (Å²) in [5.74, 6) is 0.995. The molecule has 6 nitrogen and oxygen atoms in total. The number of rotatable bonds is 5. The molecule has 0 N–H and O–H groups in total. The largest absolute Gasteiger partial charge is 0.486 e. The van der Waals surface area contributed by atoms with Gasteiger partial charge in [0.1, 0.15) is 18.8 Å². The number of fused-ring (bicyclic) bond motifs is 2. The predicted molar refractivity (Wildman–Crippen MR) is 139 cm³/mol. The molecule has 184 valence electrons. The molecule has 5 rings (SSSR count). The highest BCUT2D eigenvalue weighted by molar-refractivity contribution is 6.31. The van der Waals surface area contributed by atoms with Gasteiger partial charge in [-0.15, -0.1) is 0 Å². The Morgan fingerprint density at radius 1 is 0.944 bits per heavy atom. The molecule has 0 saturated heterocycles. The molecule has 0 spiro atoms. The van der Waals surface area contributed by atoms with E-state index in [9.17, 15) is 9.59 Å². The van der Waals surface area contributed by atoms with Crippen molar-refractivity contribution in [3.8, 4) is 28.6 Å². The molecule has 0 fully saturated rings. The molecule has 1 aliphatic rings. The van der Waals surface area contributed by atoms with Gasteiger partial charge in [0.05, 0.1) is 5.39 Å². The number of hydrogen-bond donors (Lipinski definition) is 0. The summed E-state index contributed by atoms with van der Waals surface area (Å²) in [4.78, 5) is 26.4. The normalized spacial score (nSPS) is 13.0. The van der Waals surface area contributed by atoms with E-state index in [1.807, 2.05) is 24.3 Å². The summed E-state index contributed by atoms with van der Waals surface area (Å²) in [6.07, 6.45) is 0. The lowest BCUT2D eigenvalue weighted by molar-refractivity contribution is 0.0919. The lowest BCUT2D eigenvalue weighted by atomic mass is 9.86. The van der Waals surface area contributed by atoms with Crippen molar-refractivity contribution in [2.24, 2.45) is 0 Å². The molecule has 7 heteroatoms. The van der Waals surface area contributed by atoms with Crippen LogP contribution < -0.4 is 19.6 Å². The molecule has 3 aromatic carbocycles. The standard InChI is InChI=1S/C29H25ClO6/c1-29(2,3)19-7-4-17(5-8-19)27-28(26(32)21-15-20(30)9-11-23(21)36-27)35-16-22(31)18-6-10-24-25(14-18)34-13-12-33-24/h4-11,14-15H,12-13,16H2,1-3H3. The van der Waals surface area contributed by atoms with Crippen LogP contribution in [0.1, 0.15) is 36.7 Å². The van der Waals surface area contributed by atoms with Crippen molar-refractivity contribution in [3.05, 3.63) is 87.0 Å². The van der Waals surface area contributed by atoms with Crippen LogP contribution in [0.2, 0.25) is 5.02 Å². The summed E-state index contributed by atoms with van der Waals surface area (Å²) in [5.41, 5.74) is 2.14. The highest BCUT2D eigenvalue weighted by Gasteiger charge is 2.22. The quantitative estimate of drug-likeness (QED) is 0.291. The Balaban J connectivity index is 1.52. The zero-order valence-electron chi connectivity index (χ0n) is 20.2. The lowest BCUT2D eigenvalue weighted by Crippen LogP contribution is -2.18. The zero-order valence-corrected chi connectivity index (χ0v) is 21.0. The number of carbonyl (C=O) groups is 1. The van der Waals surface area contributed by atoms with Gasteiger partial charge in [0.2, 0.25) is 11.2 Å². The van der Waals surface area contributed by atoms with Crippen molar-refractivity contribution in [2.75, 3.05) is 19.8 Å². The van der Waals surface area contributed by atoms with Crippen molar-refractivity contribution in [1.82, 2.24) is 0 Å². The maximum absolute atomic E-state index is 13.5. The first-order valence-electron chi connectivity index (χ1n) is 11.6. The van der Waals surface area contributed by atoms with E-state index in [2.05, 4.69) is 20.8 Å². The second-order valence-electron chi connectivity index (χ2n) is 9.63. The van der Waals surface area contributed by atoms with E-state index in [1.165, 1.54) is 6.07 Å². The number of Topliss-reactive ketones (excluding diaryl/α,β-unsaturated/α-hetero) is 1. The van der Waals surface area contributed by atoms with Crippen LogP contribution in [0.5, 0.6) is 17.2 Å². The topological polar surface area (TPSA) is 75.0 Å². The minimum absolute atomic E-state index is 0.0329. The third kappa shape index (κ3) is 4.69.